The van der Waals surface area contributed by atoms with E-state index in [0.717, 1.165) is 31.2 Å². The molecule has 174 valence electrons. The summed E-state index contributed by atoms with van der Waals surface area (Å²) in [7, 11) is 0. The second-order valence-corrected chi connectivity index (χ2v) is 9.10. The second-order valence-electron chi connectivity index (χ2n) is 9.10. The van der Waals surface area contributed by atoms with E-state index in [1.807, 2.05) is 17.0 Å². The van der Waals surface area contributed by atoms with E-state index in [0.29, 0.717) is 43.6 Å². The van der Waals surface area contributed by atoms with Gasteiger partial charge in [-0.2, -0.15) is 4.98 Å². The van der Waals surface area contributed by atoms with E-state index >= 15 is 0 Å². The predicted octanol–water partition coefficient (Wildman–Crippen LogP) is 4.34. The zero-order valence-electron chi connectivity index (χ0n) is 19.8. The molecular weight excluding hydrogens is 404 g/mol. The molecule has 1 aromatic carbocycles. The molecule has 1 saturated heterocycles. The van der Waals surface area contributed by atoms with Crippen LogP contribution in [-0.4, -0.2) is 46.0 Å². The summed E-state index contributed by atoms with van der Waals surface area (Å²) >= 11 is 0. The van der Waals surface area contributed by atoms with Crippen LogP contribution in [0.2, 0.25) is 0 Å². The zero-order chi connectivity index (χ0) is 23.1. The van der Waals surface area contributed by atoms with Crippen LogP contribution in [-0.2, 0) is 16.0 Å². The van der Waals surface area contributed by atoms with Crippen LogP contribution in [0.15, 0.2) is 28.8 Å². The Bertz CT molecular complexity index is 891. The molecule has 2 heterocycles. The van der Waals surface area contributed by atoms with Crippen LogP contribution in [0.25, 0.3) is 11.4 Å². The van der Waals surface area contributed by atoms with E-state index in [4.69, 9.17) is 4.52 Å². The van der Waals surface area contributed by atoms with Gasteiger partial charge in [0.15, 0.2) is 0 Å². The van der Waals surface area contributed by atoms with Crippen LogP contribution in [0.5, 0.6) is 0 Å². The number of unbranched alkanes of at least 4 members (excludes halogenated alkanes) is 1. The van der Waals surface area contributed by atoms with Gasteiger partial charge in [-0.15, -0.1) is 0 Å². The number of carbonyl (C=O) groups is 2. The molecule has 1 N–H and O–H groups in total. The van der Waals surface area contributed by atoms with Crippen LogP contribution in [0.1, 0.15) is 77.2 Å². The topological polar surface area (TPSA) is 88.3 Å². The maximum Gasteiger partial charge on any atom is 0.227 e. The standard InChI is InChI=1S/C25H36N4O3/c1-5-6-15-26-25(31)21-8-7-18(4)29(16-21)23(30)14-13-22-27-24(28-32-22)20-11-9-19(10-12-20)17(2)3/h9-12,17-18,21H,5-8,13-16H2,1-4H3,(H,26,31). The van der Waals surface area contributed by atoms with Gasteiger partial charge in [-0.3, -0.25) is 9.59 Å². The third-order valence-corrected chi connectivity index (χ3v) is 6.26. The van der Waals surface area contributed by atoms with E-state index in [9.17, 15) is 9.59 Å². The van der Waals surface area contributed by atoms with Gasteiger partial charge in [-0.1, -0.05) is 56.6 Å². The number of benzene rings is 1. The lowest BCUT2D eigenvalue weighted by molar-refractivity contribution is -0.138. The summed E-state index contributed by atoms with van der Waals surface area (Å²) in [6, 6.07) is 8.28. The SMILES string of the molecule is CCCCNC(=O)C1CCC(C)N(C(=O)CCc2nc(-c3ccc(C(C)C)cc3)no2)C1. The van der Waals surface area contributed by atoms with Gasteiger partial charge < -0.3 is 14.7 Å². The fourth-order valence-corrected chi connectivity index (χ4v) is 4.05. The van der Waals surface area contributed by atoms with Crippen LogP contribution < -0.4 is 5.32 Å². The average Bonchev–Trinajstić information content (AvgIpc) is 3.27. The first-order valence-corrected chi connectivity index (χ1v) is 11.9. The van der Waals surface area contributed by atoms with Crippen molar-refractivity contribution in [2.45, 2.75) is 78.2 Å². The van der Waals surface area contributed by atoms with E-state index in [1.54, 1.807) is 0 Å². The lowest BCUT2D eigenvalue weighted by Gasteiger charge is -2.37. The third kappa shape index (κ3) is 6.17. The van der Waals surface area contributed by atoms with E-state index in [-0.39, 0.29) is 23.8 Å². The number of amides is 2. The van der Waals surface area contributed by atoms with Gasteiger partial charge >= 0.3 is 0 Å². The minimum absolute atomic E-state index is 0.0320. The molecule has 0 spiro atoms. The number of aryl methyl sites for hydroxylation is 1. The van der Waals surface area contributed by atoms with Crippen molar-refractivity contribution in [1.29, 1.82) is 0 Å². The molecule has 2 unspecified atom stereocenters. The highest BCUT2D eigenvalue weighted by atomic mass is 16.5. The Balaban J connectivity index is 1.54. The summed E-state index contributed by atoms with van der Waals surface area (Å²) in [5.74, 6) is 1.43. The molecule has 1 fully saturated rings. The summed E-state index contributed by atoms with van der Waals surface area (Å²) in [6.07, 6.45) is 4.38. The first-order chi connectivity index (χ1) is 15.4. The smallest absolute Gasteiger partial charge is 0.227 e. The molecule has 1 aliphatic rings. The molecule has 0 saturated carbocycles. The molecule has 3 rings (SSSR count). The molecule has 7 heteroatoms. The van der Waals surface area contributed by atoms with Gasteiger partial charge in [0.05, 0.1) is 5.92 Å². The number of rotatable bonds is 9. The van der Waals surface area contributed by atoms with E-state index < -0.39 is 0 Å². The molecule has 7 nitrogen and oxygen atoms in total. The molecule has 2 atom stereocenters. The van der Waals surface area contributed by atoms with Gasteiger partial charge in [-0.25, -0.2) is 0 Å². The van der Waals surface area contributed by atoms with Crippen molar-refractivity contribution in [2.24, 2.45) is 5.92 Å². The Morgan fingerprint density at radius 1 is 1.22 bits per heavy atom. The van der Waals surface area contributed by atoms with Gasteiger partial charge in [0.2, 0.25) is 23.5 Å². The van der Waals surface area contributed by atoms with Crippen LogP contribution in [0, 0.1) is 5.92 Å². The fourth-order valence-electron chi connectivity index (χ4n) is 4.05. The van der Waals surface area contributed by atoms with Crippen molar-refractivity contribution in [1.82, 2.24) is 20.4 Å². The molecule has 1 aromatic heterocycles. The Labute approximate surface area is 191 Å². The van der Waals surface area contributed by atoms with Gasteiger partial charge in [-0.05, 0) is 37.7 Å². The third-order valence-electron chi connectivity index (χ3n) is 6.26. The van der Waals surface area contributed by atoms with E-state index in [1.165, 1.54) is 5.56 Å². The number of piperidine rings is 1. The fraction of sp³-hybridized carbons (Fsp3) is 0.600. The van der Waals surface area contributed by atoms with Gasteiger partial charge in [0, 0.05) is 37.5 Å². The summed E-state index contributed by atoms with van der Waals surface area (Å²) in [5, 5.41) is 7.08. The molecular formula is C25H36N4O3. The van der Waals surface area contributed by atoms with Crippen molar-refractivity contribution in [3.8, 4) is 11.4 Å². The van der Waals surface area contributed by atoms with Gasteiger partial charge in [0.25, 0.3) is 0 Å². The average molecular weight is 441 g/mol. The number of likely N-dealkylation sites (tertiary alicyclic amines) is 1. The lowest BCUT2D eigenvalue weighted by atomic mass is 9.92. The lowest BCUT2D eigenvalue weighted by Crippen LogP contribution is -2.49. The summed E-state index contributed by atoms with van der Waals surface area (Å²) in [4.78, 5) is 31.6. The highest BCUT2D eigenvalue weighted by Crippen LogP contribution is 2.24. The Morgan fingerprint density at radius 3 is 2.66 bits per heavy atom. The largest absolute Gasteiger partial charge is 0.356 e. The zero-order valence-corrected chi connectivity index (χ0v) is 19.8. The molecule has 0 bridgehead atoms. The molecule has 1 aliphatic heterocycles. The van der Waals surface area contributed by atoms with E-state index in [2.05, 4.69) is 55.3 Å². The summed E-state index contributed by atoms with van der Waals surface area (Å²) in [5.41, 5.74) is 2.16. The minimum Gasteiger partial charge on any atom is -0.356 e. The van der Waals surface area contributed by atoms with Crippen molar-refractivity contribution in [3.05, 3.63) is 35.7 Å². The Morgan fingerprint density at radius 2 is 1.97 bits per heavy atom. The van der Waals surface area contributed by atoms with Crippen molar-refractivity contribution >= 4 is 11.8 Å². The summed E-state index contributed by atoms with van der Waals surface area (Å²) < 4.78 is 5.38. The monoisotopic (exact) mass is 440 g/mol. The molecule has 32 heavy (non-hydrogen) atoms. The Hall–Kier alpha value is -2.70. The maximum absolute atomic E-state index is 12.9. The highest BCUT2D eigenvalue weighted by Gasteiger charge is 2.32. The quantitative estimate of drug-likeness (QED) is 0.586. The molecule has 0 aliphatic carbocycles. The maximum atomic E-state index is 12.9. The number of hydrogen-bond donors (Lipinski definition) is 1. The molecule has 2 amide bonds. The molecule has 2 aromatic rings. The number of carbonyl (C=O) groups excluding carboxylic acids is 2. The number of nitrogens with zero attached hydrogens (tertiary/aromatic N) is 3. The van der Waals surface area contributed by atoms with Crippen LogP contribution in [0.4, 0.5) is 0 Å². The second kappa shape index (κ2) is 11.2. The van der Waals surface area contributed by atoms with Gasteiger partial charge in [0.1, 0.15) is 0 Å². The van der Waals surface area contributed by atoms with Crippen molar-refractivity contribution in [2.75, 3.05) is 13.1 Å². The van der Waals surface area contributed by atoms with Crippen molar-refractivity contribution < 1.29 is 14.1 Å². The predicted molar refractivity (Wildman–Crippen MR) is 124 cm³/mol. The first kappa shape index (κ1) is 24.0. The first-order valence-electron chi connectivity index (χ1n) is 11.9. The Kier molecular flexibility index (Phi) is 8.42. The number of hydrogen-bond acceptors (Lipinski definition) is 5. The highest BCUT2D eigenvalue weighted by molar-refractivity contribution is 5.81. The molecule has 0 radical (unpaired) electrons. The minimum atomic E-state index is -0.129. The van der Waals surface area contributed by atoms with Crippen LogP contribution >= 0.6 is 0 Å². The normalized spacial score (nSPS) is 18.7. The number of nitrogens with one attached hydrogen (secondary N) is 1. The number of aromatic nitrogens is 2. The summed E-state index contributed by atoms with van der Waals surface area (Å²) in [6.45, 7) is 9.65. The van der Waals surface area contributed by atoms with Crippen LogP contribution in [0.3, 0.4) is 0 Å². The van der Waals surface area contributed by atoms with Crippen molar-refractivity contribution in [3.63, 3.8) is 0 Å².